The molecule has 1 aromatic rings. The SMILES string of the molecule is C[C@@H]1CO[C@@H](CO)CN1C(=O)Cc1cccc(Cl)c1Cl. The fourth-order valence-electron chi connectivity index (χ4n) is 2.22. The highest BCUT2D eigenvalue weighted by Gasteiger charge is 2.29. The lowest BCUT2D eigenvalue weighted by molar-refractivity contribution is -0.145. The fourth-order valence-corrected chi connectivity index (χ4v) is 2.61. The monoisotopic (exact) mass is 317 g/mol. The van der Waals surface area contributed by atoms with Gasteiger partial charge in [0.2, 0.25) is 5.91 Å². The summed E-state index contributed by atoms with van der Waals surface area (Å²) in [5.74, 6) is -0.0385. The number of nitrogens with zero attached hydrogens (tertiary/aromatic N) is 1. The molecular formula is C14H17Cl2NO3. The van der Waals surface area contributed by atoms with E-state index in [0.29, 0.717) is 28.8 Å². The maximum Gasteiger partial charge on any atom is 0.227 e. The summed E-state index contributed by atoms with van der Waals surface area (Å²) in [5.41, 5.74) is 0.711. The van der Waals surface area contributed by atoms with Gasteiger partial charge in [-0.3, -0.25) is 4.79 Å². The van der Waals surface area contributed by atoms with Crippen molar-refractivity contribution in [1.29, 1.82) is 0 Å². The van der Waals surface area contributed by atoms with Crippen molar-refractivity contribution in [2.75, 3.05) is 19.8 Å². The number of aliphatic hydroxyl groups excluding tert-OH is 1. The van der Waals surface area contributed by atoms with E-state index in [2.05, 4.69) is 0 Å². The van der Waals surface area contributed by atoms with Crippen molar-refractivity contribution < 1.29 is 14.6 Å². The Morgan fingerprint density at radius 1 is 1.50 bits per heavy atom. The Morgan fingerprint density at radius 3 is 2.95 bits per heavy atom. The van der Waals surface area contributed by atoms with Gasteiger partial charge in [0.05, 0.1) is 41.8 Å². The number of morpholine rings is 1. The first-order valence-corrected chi connectivity index (χ1v) is 7.23. The van der Waals surface area contributed by atoms with Gasteiger partial charge in [-0.25, -0.2) is 0 Å². The Labute approximate surface area is 128 Å². The number of carbonyl (C=O) groups excluding carboxylic acids is 1. The van der Waals surface area contributed by atoms with Crippen LogP contribution in [-0.4, -0.2) is 47.8 Å². The molecule has 1 saturated heterocycles. The molecule has 0 radical (unpaired) electrons. The fraction of sp³-hybridized carbons (Fsp3) is 0.500. The van der Waals surface area contributed by atoms with Gasteiger partial charge in [-0.1, -0.05) is 35.3 Å². The molecule has 20 heavy (non-hydrogen) atoms. The minimum Gasteiger partial charge on any atom is -0.394 e. The number of ether oxygens (including phenoxy) is 1. The highest BCUT2D eigenvalue weighted by atomic mass is 35.5. The maximum absolute atomic E-state index is 12.4. The smallest absolute Gasteiger partial charge is 0.227 e. The molecule has 0 saturated carbocycles. The van der Waals surface area contributed by atoms with E-state index in [0.717, 1.165) is 0 Å². The van der Waals surface area contributed by atoms with E-state index in [9.17, 15) is 4.79 Å². The van der Waals surface area contributed by atoms with Crippen LogP contribution >= 0.6 is 23.2 Å². The third kappa shape index (κ3) is 3.44. The van der Waals surface area contributed by atoms with Crippen LogP contribution in [0.3, 0.4) is 0 Å². The molecule has 0 aromatic heterocycles. The van der Waals surface area contributed by atoms with Crippen molar-refractivity contribution in [2.24, 2.45) is 0 Å². The first-order chi connectivity index (χ1) is 9.52. The molecule has 1 aliphatic heterocycles. The molecule has 0 bridgehead atoms. The van der Waals surface area contributed by atoms with Gasteiger partial charge in [-0.05, 0) is 18.6 Å². The van der Waals surface area contributed by atoms with Crippen LogP contribution in [0.4, 0.5) is 0 Å². The summed E-state index contributed by atoms with van der Waals surface area (Å²) in [6, 6.07) is 5.25. The summed E-state index contributed by atoms with van der Waals surface area (Å²) in [4.78, 5) is 14.1. The number of hydrogen-bond donors (Lipinski definition) is 1. The summed E-state index contributed by atoms with van der Waals surface area (Å²) in [6.07, 6.45) is -0.119. The van der Waals surface area contributed by atoms with Crippen molar-refractivity contribution >= 4 is 29.1 Å². The van der Waals surface area contributed by atoms with Gasteiger partial charge in [0.15, 0.2) is 0 Å². The molecule has 0 spiro atoms. The van der Waals surface area contributed by atoms with Gasteiger partial charge in [-0.15, -0.1) is 0 Å². The number of amides is 1. The first kappa shape index (κ1) is 15.6. The number of hydrogen-bond acceptors (Lipinski definition) is 3. The number of carbonyl (C=O) groups is 1. The lowest BCUT2D eigenvalue weighted by Gasteiger charge is -2.37. The Morgan fingerprint density at radius 2 is 2.25 bits per heavy atom. The quantitative estimate of drug-likeness (QED) is 0.929. The van der Waals surface area contributed by atoms with Crippen LogP contribution in [0.1, 0.15) is 12.5 Å². The molecule has 110 valence electrons. The average molecular weight is 318 g/mol. The van der Waals surface area contributed by atoms with Crippen LogP contribution in [0.5, 0.6) is 0 Å². The zero-order valence-electron chi connectivity index (χ0n) is 11.2. The Kier molecular flexibility index (Phi) is 5.27. The predicted molar refractivity (Wildman–Crippen MR) is 78.2 cm³/mol. The van der Waals surface area contributed by atoms with E-state index in [4.69, 9.17) is 33.0 Å². The van der Waals surface area contributed by atoms with Gasteiger partial charge in [0, 0.05) is 6.54 Å². The average Bonchev–Trinajstić information content (AvgIpc) is 2.44. The van der Waals surface area contributed by atoms with Crippen LogP contribution in [-0.2, 0) is 16.0 Å². The van der Waals surface area contributed by atoms with Crippen LogP contribution in [0.2, 0.25) is 10.0 Å². The molecule has 1 amide bonds. The molecule has 4 nitrogen and oxygen atoms in total. The second-order valence-electron chi connectivity index (χ2n) is 4.92. The van der Waals surface area contributed by atoms with Crippen LogP contribution in [0.15, 0.2) is 18.2 Å². The zero-order chi connectivity index (χ0) is 14.7. The normalized spacial score (nSPS) is 22.9. The van der Waals surface area contributed by atoms with E-state index in [-0.39, 0.29) is 31.1 Å². The standard InChI is InChI=1S/C14H17Cl2NO3/c1-9-8-20-11(7-18)6-17(9)13(19)5-10-3-2-4-12(15)14(10)16/h2-4,9,11,18H,5-8H2,1H3/t9-,11-/m1/s1. The first-order valence-electron chi connectivity index (χ1n) is 6.47. The van der Waals surface area contributed by atoms with Crippen LogP contribution in [0.25, 0.3) is 0 Å². The molecule has 1 aromatic carbocycles. The molecule has 1 fully saturated rings. The van der Waals surface area contributed by atoms with E-state index in [1.807, 2.05) is 6.92 Å². The Bertz CT molecular complexity index is 495. The Balaban J connectivity index is 2.09. The summed E-state index contributed by atoms with van der Waals surface area (Å²) >= 11 is 12.0. The van der Waals surface area contributed by atoms with Crippen LogP contribution in [0, 0.1) is 0 Å². The molecule has 1 heterocycles. The van der Waals surface area contributed by atoms with E-state index >= 15 is 0 Å². The summed E-state index contributed by atoms with van der Waals surface area (Å²) < 4.78 is 5.42. The van der Waals surface area contributed by atoms with Gasteiger partial charge >= 0.3 is 0 Å². The molecule has 2 rings (SSSR count). The lowest BCUT2D eigenvalue weighted by Crippen LogP contribution is -2.52. The number of halogens is 2. The topological polar surface area (TPSA) is 49.8 Å². The molecular weight excluding hydrogens is 301 g/mol. The second kappa shape index (κ2) is 6.76. The highest BCUT2D eigenvalue weighted by Crippen LogP contribution is 2.26. The predicted octanol–water partition coefficient (Wildman–Crippen LogP) is 2.14. The van der Waals surface area contributed by atoms with Crippen molar-refractivity contribution in [3.63, 3.8) is 0 Å². The van der Waals surface area contributed by atoms with E-state index in [1.165, 1.54) is 0 Å². The minimum atomic E-state index is -0.315. The molecule has 2 atom stereocenters. The zero-order valence-corrected chi connectivity index (χ0v) is 12.7. The summed E-state index contributed by atoms with van der Waals surface area (Å²) in [5, 5.41) is 10.0. The maximum atomic E-state index is 12.4. The Hall–Kier alpha value is -0.810. The minimum absolute atomic E-state index is 0.0109. The number of rotatable bonds is 3. The molecule has 1 aliphatic rings. The van der Waals surface area contributed by atoms with Crippen LogP contribution < -0.4 is 0 Å². The van der Waals surface area contributed by atoms with Crippen molar-refractivity contribution in [3.8, 4) is 0 Å². The van der Waals surface area contributed by atoms with E-state index < -0.39 is 0 Å². The molecule has 1 N–H and O–H groups in total. The largest absolute Gasteiger partial charge is 0.394 e. The number of benzene rings is 1. The summed E-state index contributed by atoms with van der Waals surface area (Å²) in [7, 11) is 0. The lowest BCUT2D eigenvalue weighted by atomic mass is 10.1. The third-order valence-electron chi connectivity index (χ3n) is 3.40. The number of aliphatic hydroxyl groups is 1. The highest BCUT2D eigenvalue weighted by molar-refractivity contribution is 6.42. The van der Waals surface area contributed by atoms with Gasteiger partial charge < -0.3 is 14.7 Å². The van der Waals surface area contributed by atoms with Crippen molar-refractivity contribution in [1.82, 2.24) is 4.90 Å². The van der Waals surface area contributed by atoms with Gasteiger partial charge in [0.25, 0.3) is 0 Å². The van der Waals surface area contributed by atoms with Crippen molar-refractivity contribution in [2.45, 2.75) is 25.5 Å². The van der Waals surface area contributed by atoms with E-state index in [1.54, 1.807) is 23.1 Å². The van der Waals surface area contributed by atoms with Gasteiger partial charge in [-0.2, -0.15) is 0 Å². The third-order valence-corrected chi connectivity index (χ3v) is 4.26. The molecule has 0 unspecified atom stereocenters. The van der Waals surface area contributed by atoms with Gasteiger partial charge in [0.1, 0.15) is 0 Å². The van der Waals surface area contributed by atoms with Crippen molar-refractivity contribution in [3.05, 3.63) is 33.8 Å². The molecule has 6 heteroatoms. The second-order valence-corrected chi connectivity index (χ2v) is 5.71. The molecule has 0 aliphatic carbocycles. The summed E-state index contributed by atoms with van der Waals surface area (Å²) in [6.45, 7) is 2.66.